The van der Waals surface area contributed by atoms with Gasteiger partial charge in [0, 0.05) is 31.7 Å². The van der Waals surface area contributed by atoms with Gasteiger partial charge in [-0.1, -0.05) is 23.7 Å². The van der Waals surface area contributed by atoms with E-state index in [1.807, 2.05) is 24.3 Å². The number of halogens is 1. The number of nitrogens with one attached hydrogen (secondary N) is 2. The van der Waals surface area contributed by atoms with Crippen molar-refractivity contribution in [3.05, 3.63) is 29.3 Å². The molecule has 0 amide bonds. The van der Waals surface area contributed by atoms with Crippen LogP contribution >= 0.6 is 11.6 Å². The maximum absolute atomic E-state index is 6.09. The third-order valence-electron chi connectivity index (χ3n) is 4.40. The summed E-state index contributed by atoms with van der Waals surface area (Å²) in [6.07, 6.45) is 2.30. The van der Waals surface area contributed by atoms with Gasteiger partial charge in [-0.05, 0) is 45.7 Å². The summed E-state index contributed by atoms with van der Waals surface area (Å²) in [7, 11) is 0. The fourth-order valence-corrected chi connectivity index (χ4v) is 3.14. The smallest absolute Gasteiger partial charge is 0.191 e. The van der Waals surface area contributed by atoms with Gasteiger partial charge in [0.25, 0.3) is 0 Å². The van der Waals surface area contributed by atoms with Crippen LogP contribution in [0.25, 0.3) is 0 Å². The van der Waals surface area contributed by atoms with Gasteiger partial charge < -0.3 is 20.3 Å². The Labute approximate surface area is 156 Å². The second-order valence-electron chi connectivity index (χ2n) is 6.59. The van der Waals surface area contributed by atoms with E-state index in [1.165, 1.54) is 0 Å². The molecule has 1 aliphatic heterocycles. The second-order valence-corrected chi connectivity index (χ2v) is 7.00. The monoisotopic (exact) mass is 366 g/mol. The fraction of sp³-hybridized carbons (Fsp3) is 0.632. The van der Waals surface area contributed by atoms with Crippen LogP contribution in [0.5, 0.6) is 5.75 Å². The van der Waals surface area contributed by atoms with Gasteiger partial charge in [-0.2, -0.15) is 0 Å². The third-order valence-corrected chi connectivity index (χ3v) is 4.71. The predicted molar refractivity (Wildman–Crippen MR) is 106 cm³/mol. The van der Waals surface area contributed by atoms with E-state index in [4.69, 9.17) is 16.3 Å². The van der Waals surface area contributed by atoms with Gasteiger partial charge in [0.05, 0.1) is 11.6 Å². The molecule has 1 heterocycles. The van der Waals surface area contributed by atoms with Crippen molar-refractivity contribution in [2.24, 2.45) is 4.99 Å². The average Bonchev–Trinajstić information content (AvgIpc) is 2.60. The number of ether oxygens (including phenoxy) is 1. The Bertz CT molecular complexity index is 542. The van der Waals surface area contributed by atoms with E-state index in [9.17, 15) is 0 Å². The molecule has 0 saturated carbocycles. The van der Waals surface area contributed by atoms with Gasteiger partial charge >= 0.3 is 0 Å². The van der Waals surface area contributed by atoms with Crippen LogP contribution in [0.15, 0.2) is 29.3 Å². The zero-order valence-electron chi connectivity index (χ0n) is 15.6. The van der Waals surface area contributed by atoms with Crippen LogP contribution in [0.3, 0.4) is 0 Å². The molecule has 1 aromatic rings. The highest BCUT2D eigenvalue weighted by atomic mass is 35.5. The maximum Gasteiger partial charge on any atom is 0.191 e. The molecule has 140 valence electrons. The molecule has 0 unspecified atom stereocenters. The summed E-state index contributed by atoms with van der Waals surface area (Å²) in [5.41, 5.74) is 0. The van der Waals surface area contributed by atoms with Crippen LogP contribution in [-0.4, -0.2) is 55.7 Å². The normalized spacial score (nSPS) is 16.9. The third kappa shape index (κ3) is 6.75. The van der Waals surface area contributed by atoms with Crippen molar-refractivity contribution in [1.29, 1.82) is 0 Å². The minimum atomic E-state index is 0.484. The number of aliphatic imine (C=N–C) groups is 1. The van der Waals surface area contributed by atoms with Crippen molar-refractivity contribution in [2.75, 3.05) is 32.8 Å². The van der Waals surface area contributed by atoms with Crippen molar-refractivity contribution in [3.63, 3.8) is 0 Å². The lowest BCUT2D eigenvalue weighted by molar-refractivity contribution is 0.167. The lowest BCUT2D eigenvalue weighted by Gasteiger charge is -2.35. The van der Waals surface area contributed by atoms with Crippen LogP contribution in [0, 0.1) is 0 Å². The summed E-state index contributed by atoms with van der Waals surface area (Å²) >= 11 is 6.09. The Morgan fingerprint density at radius 2 is 2.04 bits per heavy atom. The molecule has 0 bridgehead atoms. The first kappa shape index (κ1) is 19.9. The minimum absolute atomic E-state index is 0.484. The zero-order chi connectivity index (χ0) is 18.1. The van der Waals surface area contributed by atoms with Crippen molar-refractivity contribution >= 4 is 17.6 Å². The molecule has 0 aromatic heterocycles. The van der Waals surface area contributed by atoms with Crippen molar-refractivity contribution in [2.45, 2.75) is 45.7 Å². The van der Waals surface area contributed by atoms with Crippen LogP contribution in [0.2, 0.25) is 5.02 Å². The quantitative estimate of drug-likeness (QED) is 0.442. The lowest BCUT2D eigenvalue weighted by Crippen LogP contribution is -2.50. The molecule has 2 N–H and O–H groups in total. The minimum Gasteiger partial charge on any atom is -0.490 e. The molecule has 2 rings (SSSR count). The van der Waals surface area contributed by atoms with E-state index in [0.717, 1.165) is 38.4 Å². The molecule has 0 atom stereocenters. The summed E-state index contributed by atoms with van der Waals surface area (Å²) in [5.74, 6) is 1.58. The molecular weight excluding hydrogens is 336 g/mol. The molecule has 1 aliphatic rings. The number of hydrogen-bond donors (Lipinski definition) is 2. The Morgan fingerprint density at radius 1 is 1.32 bits per heavy atom. The number of piperidine rings is 1. The van der Waals surface area contributed by atoms with Gasteiger partial charge in [-0.25, -0.2) is 4.99 Å². The van der Waals surface area contributed by atoms with Crippen molar-refractivity contribution < 1.29 is 4.74 Å². The van der Waals surface area contributed by atoms with Gasteiger partial charge in [0.15, 0.2) is 5.96 Å². The van der Waals surface area contributed by atoms with E-state index in [0.29, 0.717) is 36.0 Å². The zero-order valence-corrected chi connectivity index (χ0v) is 16.4. The van der Waals surface area contributed by atoms with E-state index in [-0.39, 0.29) is 0 Å². The molecule has 1 saturated heterocycles. The first-order valence-electron chi connectivity index (χ1n) is 9.26. The number of nitrogens with zero attached hydrogens (tertiary/aromatic N) is 2. The molecule has 0 radical (unpaired) electrons. The van der Waals surface area contributed by atoms with Crippen LogP contribution in [0.1, 0.15) is 33.6 Å². The van der Waals surface area contributed by atoms with Crippen LogP contribution in [-0.2, 0) is 0 Å². The lowest BCUT2D eigenvalue weighted by atomic mass is 10.0. The molecule has 25 heavy (non-hydrogen) atoms. The number of benzene rings is 1. The number of para-hydroxylation sites is 1. The number of likely N-dealkylation sites (tertiary alicyclic amines) is 1. The van der Waals surface area contributed by atoms with Gasteiger partial charge in [-0.3, -0.25) is 0 Å². The molecule has 6 heteroatoms. The van der Waals surface area contributed by atoms with Gasteiger partial charge in [0.1, 0.15) is 12.4 Å². The largest absolute Gasteiger partial charge is 0.490 e. The molecule has 1 fully saturated rings. The van der Waals surface area contributed by atoms with E-state index < -0.39 is 0 Å². The fourth-order valence-electron chi connectivity index (χ4n) is 2.95. The number of guanidine groups is 1. The highest BCUT2D eigenvalue weighted by molar-refractivity contribution is 6.32. The Kier molecular flexibility index (Phi) is 8.35. The summed E-state index contributed by atoms with van der Waals surface area (Å²) in [4.78, 5) is 7.15. The van der Waals surface area contributed by atoms with Crippen LogP contribution < -0.4 is 15.4 Å². The molecular formula is C19H31ClN4O. The van der Waals surface area contributed by atoms with E-state index in [2.05, 4.69) is 41.3 Å². The first-order valence-corrected chi connectivity index (χ1v) is 9.64. The topological polar surface area (TPSA) is 48.9 Å². The Balaban J connectivity index is 1.77. The van der Waals surface area contributed by atoms with Crippen molar-refractivity contribution in [3.8, 4) is 5.75 Å². The van der Waals surface area contributed by atoms with Crippen LogP contribution in [0.4, 0.5) is 0 Å². The summed E-state index contributed by atoms with van der Waals surface area (Å²) in [5, 5.41) is 7.51. The average molecular weight is 367 g/mol. The molecule has 5 nitrogen and oxygen atoms in total. The summed E-state index contributed by atoms with van der Waals surface area (Å²) in [6.45, 7) is 10.8. The summed E-state index contributed by atoms with van der Waals surface area (Å²) in [6, 6.07) is 8.63. The molecule has 0 spiro atoms. The van der Waals surface area contributed by atoms with Gasteiger partial charge in [-0.15, -0.1) is 0 Å². The SMILES string of the molecule is CCNC(=NCCOc1ccccc1Cl)NC1CCN(C(C)C)CC1. The Morgan fingerprint density at radius 3 is 2.68 bits per heavy atom. The maximum atomic E-state index is 6.09. The second kappa shape index (κ2) is 10.5. The van der Waals surface area contributed by atoms with Crippen molar-refractivity contribution in [1.82, 2.24) is 15.5 Å². The predicted octanol–water partition coefficient (Wildman–Crippen LogP) is 3.15. The summed E-state index contributed by atoms with van der Waals surface area (Å²) < 4.78 is 5.69. The van der Waals surface area contributed by atoms with E-state index >= 15 is 0 Å². The highest BCUT2D eigenvalue weighted by Crippen LogP contribution is 2.22. The van der Waals surface area contributed by atoms with Gasteiger partial charge in [0.2, 0.25) is 0 Å². The number of hydrogen-bond acceptors (Lipinski definition) is 3. The molecule has 1 aromatic carbocycles. The standard InChI is InChI=1S/C19H31ClN4O/c1-4-21-19(23-16-9-12-24(13-10-16)15(2)3)22-11-14-25-18-8-6-5-7-17(18)20/h5-8,15-16H,4,9-14H2,1-3H3,(H2,21,22,23). The van der Waals surface area contributed by atoms with E-state index in [1.54, 1.807) is 0 Å². The molecule has 0 aliphatic carbocycles. The Hall–Kier alpha value is -1.46. The number of rotatable bonds is 7. The highest BCUT2D eigenvalue weighted by Gasteiger charge is 2.21. The first-order chi connectivity index (χ1) is 12.1.